The van der Waals surface area contributed by atoms with Gasteiger partial charge in [-0.1, -0.05) is 20.8 Å². The van der Waals surface area contributed by atoms with Gasteiger partial charge in [-0.25, -0.2) is 0 Å². The topological polar surface area (TPSA) is 21.3 Å². The lowest BCUT2D eigenvalue weighted by Crippen LogP contribution is -2.53. The Bertz CT molecular complexity index is 376. The summed E-state index contributed by atoms with van der Waals surface area (Å²) >= 11 is 5.37. The first-order chi connectivity index (χ1) is 9.61. The number of hydrogen-bond acceptors (Lipinski definition) is 3. The van der Waals surface area contributed by atoms with Crippen molar-refractivity contribution < 1.29 is 4.74 Å². The van der Waals surface area contributed by atoms with Gasteiger partial charge in [-0.2, -0.15) is 0 Å². The van der Waals surface area contributed by atoms with E-state index in [0.717, 1.165) is 38.8 Å². The van der Waals surface area contributed by atoms with Gasteiger partial charge in [0.05, 0.1) is 5.60 Å². The van der Waals surface area contributed by atoms with E-state index in [-0.39, 0.29) is 5.60 Å². The van der Waals surface area contributed by atoms with Crippen LogP contribution < -0.4 is 5.32 Å². The van der Waals surface area contributed by atoms with Crippen LogP contribution in [0.1, 0.15) is 51.8 Å². The van der Waals surface area contributed by atoms with E-state index >= 15 is 0 Å². The van der Waals surface area contributed by atoms with Gasteiger partial charge in [0.1, 0.15) is 0 Å². The van der Waals surface area contributed by atoms with E-state index < -0.39 is 0 Å². The average molecular weight is 362 g/mol. The quantitative estimate of drug-likeness (QED) is 0.631. The lowest BCUT2D eigenvalue weighted by molar-refractivity contribution is -0.0716. The molecular weight excluding hydrogens is 334 g/mol. The van der Waals surface area contributed by atoms with Gasteiger partial charge < -0.3 is 10.1 Å². The third-order valence-electron chi connectivity index (χ3n) is 3.93. The first-order valence-corrected chi connectivity index (χ1v) is 9.39. The molecule has 0 spiro atoms. The Labute approximate surface area is 136 Å². The second kappa shape index (κ2) is 9.19. The zero-order chi connectivity index (χ0) is 15.0. The summed E-state index contributed by atoms with van der Waals surface area (Å²) in [4.78, 5) is 1.41. The summed E-state index contributed by atoms with van der Waals surface area (Å²) in [5, 5.41) is 5.88. The van der Waals surface area contributed by atoms with Crippen LogP contribution in [0.2, 0.25) is 0 Å². The Hall–Kier alpha value is 0.1000. The van der Waals surface area contributed by atoms with Crippen molar-refractivity contribution >= 4 is 27.3 Å². The summed E-state index contributed by atoms with van der Waals surface area (Å²) in [5.41, 5.74) is -0.0552. The number of nitrogens with one attached hydrogen (secondary N) is 1. The Morgan fingerprint density at radius 1 is 1.30 bits per heavy atom. The van der Waals surface area contributed by atoms with Gasteiger partial charge in [-0.05, 0) is 61.1 Å². The zero-order valence-corrected chi connectivity index (χ0v) is 15.6. The van der Waals surface area contributed by atoms with Crippen LogP contribution in [0.15, 0.2) is 15.9 Å². The fraction of sp³-hybridized carbons (Fsp3) is 0.750. The van der Waals surface area contributed by atoms with Crippen molar-refractivity contribution in [3.8, 4) is 0 Å². The van der Waals surface area contributed by atoms with Crippen molar-refractivity contribution in [3.63, 3.8) is 0 Å². The molecular formula is C16H28BrNOS. The van der Waals surface area contributed by atoms with E-state index in [1.807, 2.05) is 11.3 Å². The van der Waals surface area contributed by atoms with Crippen LogP contribution in [0.25, 0.3) is 0 Å². The maximum absolute atomic E-state index is 6.20. The first-order valence-electron chi connectivity index (χ1n) is 7.72. The Morgan fingerprint density at radius 3 is 2.45 bits per heavy atom. The van der Waals surface area contributed by atoms with Crippen LogP contribution in [0, 0.1) is 0 Å². The molecule has 0 radical (unpaired) electrons. The number of halogens is 1. The smallest absolute Gasteiger partial charge is 0.0832 e. The van der Waals surface area contributed by atoms with Gasteiger partial charge in [0.2, 0.25) is 0 Å². The molecule has 4 heteroatoms. The van der Waals surface area contributed by atoms with Gasteiger partial charge in [0.25, 0.3) is 0 Å². The van der Waals surface area contributed by atoms with E-state index in [4.69, 9.17) is 4.74 Å². The fourth-order valence-corrected chi connectivity index (χ4v) is 4.26. The van der Waals surface area contributed by atoms with Crippen LogP contribution in [-0.2, 0) is 11.2 Å². The van der Waals surface area contributed by atoms with Gasteiger partial charge in [0, 0.05) is 27.4 Å². The summed E-state index contributed by atoms with van der Waals surface area (Å²) in [6, 6.07) is 2.61. The van der Waals surface area contributed by atoms with Crippen LogP contribution >= 0.6 is 27.3 Å². The zero-order valence-electron chi connectivity index (χ0n) is 13.2. The van der Waals surface area contributed by atoms with E-state index in [2.05, 4.69) is 60.4 Å². The Kier molecular flexibility index (Phi) is 8.34. The second-order valence-corrected chi connectivity index (χ2v) is 7.06. The molecule has 1 atom stereocenters. The predicted octanol–water partition coefficient (Wildman–Crippen LogP) is 5.02. The van der Waals surface area contributed by atoms with Crippen molar-refractivity contribution in [2.75, 3.05) is 13.2 Å². The highest BCUT2D eigenvalue weighted by Crippen LogP contribution is 2.30. The molecule has 1 N–H and O–H groups in total. The molecule has 20 heavy (non-hydrogen) atoms. The van der Waals surface area contributed by atoms with Crippen LogP contribution in [0.4, 0.5) is 0 Å². The lowest BCUT2D eigenvalue weighted by Gasteiger charge is -2.40. The molecule has 2 nitrogen and oxygen atoms in total. The molecule has 0 amide bonds. The molecule has 1 aromatic rings. The molecule has 0 saturated carbocycles. The monoisotopic (exact) mass is 361 g/mol. The summed E-state index contributed by atoms with van der Waals surface area (Å²) in [6.45, 7) is 10.6. The number of rotatable bonds is 10. The number of ether oxygens (including phenoxy) is 1. The largest absolute Gasteiger partial charge is 0.374 e. The van der Waals surface area contributed by atoms with Crippen molar-refractivity contribution in [1.82, 2.24) is 5.32 Å². The van der Waals surface area contributed by atoms with E-state index in [1.165, 1.54) is 9.35 Å². The van der Waals surface area contributed by atoms with Crippen LogP contribution in [-0.4, -0.2) is 24.8 Å². The standard InChI is InChI=1S/C16H28BrNOS/c1-5-9-18-15(11-14-10-13(17)12-20-14)16(6-2,7-3)19-8-4/h10,12,15,18H,5-9,11H2,1-4H3. The van der Waals surface area contributed by atoms with Gasteiger partial charge in [0.15, 0.2) is 0 Å². The molecule has 1 unspecified atom stereocenters. The highest BCUT2D eigenvalue weighted by Gasteiger charge is 2.36. The summed E-state index contributed by atoms with van der Waals surface area (Å²) in [7, 11) is 0. The van der Waals surface area contributed by atoms with Crippen LogP contribution in [0.3, 0.4) is 0 Å². The SMILES string of the molecule is CCCNC(Cc1cc(Br)cs1)C(CC)(CC)OCC. The Balaban J connectivity index is 2.89. The van der Waals surface area contributed by atoms with E-state index in [0.29, 0.717) is 6.04 Å². The molecule has 0 aliphatic heterocycles. The van der Waals surface area contributed by atoms with Gasteiger partial charge in [-0.3, -0.25) is 0 Å². The summed E-state index contributed by atoms with van der Waals surface area (Å²) in [5.74, 6) is 0. The highest BCUT2D eigenvalue weighted by molar-refractivity contribution is 9.10. The van der Waals surface area contributed by atoms with E-state index in [9.17, 15) is 0 Å². The van der Waals surface area contributed by atoms with Crippen molar-refractivity contribution in [1.29, 1.82) is 0 Å². The number of hydrogen-bond donors (Lipinski definition) is 1. The van der Waals surface area contributed by atoms with Crippen molar-refractivity contribution in [2.24, 2.45) is 0 Å². The molecule has 0 saturated heterocycles. The van der Waals surface area contributed by atoms with Gasteiger partial charge >= 0.3 is 0 Å². The lowest BCUT2D eigenvalue weighted by atomic mass is 9.85. The third kappa shape index (κ3) is 4.83. The summed E-state index contributed by atoms with van der Waals surface area (Å²) < 4.78 is 7.38. The minimum absolute atomic E-state index is 0.0552. The summed E-state index contributed by atoms with van der Waals surface area (Å²) in [6.07, 6.45) is 4.29. The molecule has 0 fully saturated rings. The van der Waals surface area contributed by atoms with E-state index in [1.54, 1.807) is 0 Å². The predicted molar refractivity (Wildman–Crippen MR) is 92.7 cm³/mol. The third-order valence-corrected chi connectivity index (χ3v) is 5.65. The maximum Gasteiger partial charge on any atom is 0.0832 e. The van der Waals surface area contributed by atoms with Crippen molar-refractivity contribution in [2.45, 2.75) is 65.0 Å². The fourth-order valence-electron chi connectivity index (χ4n) is 2.76. The number of thiophene rings is 1. The molecule has 0 aliphatic carbocycles. The second-order valence-electron chi connectivity index (χ2n) is 5.15. The van der Waals surface area contributed by atoms with Gasteiger partial charge in [-0.15, -0.1) is 11.3 Å². The Morgan fingerprint density at radius 2 is 2.00 bits per heavy atom. The minimum atomic E-state index is -0.0552. The molecule has 0 aliphatic rings. The molecule has 0 bridgehead atoms. The molecule has 1 rings (SSSR count). The molecule has 0 aromatic carbocycles. The average Bonchev–Trinajstić information content (AvgIpc) is 2.86. The normalized spacial score (nSPS) is 13.7. The van der Waals surface area contributed by atoms with Crippen LogP contribution in [0.5, 0.6) is 0 Å². The molecule has 1 heterocycles. The minimum Gasteiger partial charge on any atom is -0.374 e. The molecule has 116 valence electrons. The van der Waals surface area contributed by atoms with Crippen molar-refractivity contribution in [3.05, 3.63) is 20.8 Å². The molecule has 1 aromatic heterocycles. The maximum atomic E-state index is 6.20. The highest BCUT2D eigenvalue weighted by atomic mass is 79.9. The first kappa shape index (κ1) is 18.1.